The molecule has 0 amide bonds. The smallest absolute Gasteiger partial charge is 0.337 e. The monoisotopic (exact) mass is 469 g/mol. The van der Waals surface area contributed by atoms with Crippen molar-refractivity contribution in [2.45, 2.75) is 39.7 Å². The zero-order valence-corrected chi connectivity index (χ0v) is 20.6. The van der Waals surface area contributed by atoms with Gasteiger partial charge in [-0.15, -0.1) is 0 Å². The summed E-state index contributed by atoms with van der Waals surface area (Å²) in [6, 6.07) is 10.9. The Hall–Kier alpha value is -3.99. The summed E-state index contributed by atoms with van der Waals surface area (Å²) in [7, 11) is 1.69. The fourth-order valence-corrected chi connectivity index (χ4v) is 4.49. The number of aryl methyl sites for hydroxylation is 1. The van der Waals surface area contributed by atoms with Crippen molar-refractivity contribution in [3.63, 3.8) is 0 Å². The molecular weight excluding hydrogens is 438 g/mol. The van der Waals surface area contributed by atoms with Crippen LogP contribution in [0.1, 0.15) is 59.8 Å². The van der Waals surface area contributed by atoms with E-state index < -0.39 is 5.97 Å². The minimum atomic E-state index is -0.966. The molecule has 0 spiro atoms. The van der Waals surface area contributed by atoms with E-state index in [1.807, 2.05) is 38.1 Å². The van der Waals surface area contributed by atoms with E-state index in [4.69, 9.17) is 9.47 Å². The van der Waals surface area contributed by atoms with Crippen LogP contribution in [-0.2, 0) is 4.74 Å². The highest BCUT2D eigenvalue weighted by molar-refractivity contribution is 5.94. The lowest BCUT2D eigenvalue weighted by Crippen LogP contribution is -2.15. The maximum absolute atomic E-state index is 11.7. The third-order valence-corrected chi connectivity index (χ3v) is 6.39. The summed E-state index contributed by atoms with van der Waals surface area (Å²) in [4.78, 5) is 11.7. The van der Waals surface area contributed by atoms with Crippen LogP contribution in [0.3, 0.4) is 0 Å². The van der Waals surface area contributed by atoms with Crippen molar-refractivity contribution in [2.75, 3.05) is 12.4 Å². The third-order valence-electron chi connectivity index (χ3n) is 6.39. The molecule has 0 aromatic heterocycles. The number of hydrogen-bond acceptors (Lipinski definition) is 4. The Morgan fingerprint density at radius 3 is 2.71 bits per heavy atom. The standard InChI is InChI=1S/C30H31NO4/c1-18-15-24-20(3)17-28(22-9-8-12-27(34-5)19(2)13-14-22)35-29(24)25(16-18)21(4)31-26-11-7-6-10-23(26)30(32)33/h6-12,15-17,21,31H,3,13-14H2,1-2,4-5H3,(H,32,33)/b12-8-,22-9+,27-19+. The molecule has 1 heterocycles. The number of rotatable bonds is 6. The van der Waals surface area contributed by atoms with E-state index in [-0.39, 0.29) is 11.6 Å². The van der Waals surface area contributed by atoms with Gasteiger partial charge < -0.3 is 19.9 Å². The van der Waals surface area contributed by atoms with Gasteiger partial charge >= 0.3 is 5.97 Å². The van der Waals surface area contributed by atoms with E-state index in [0.29, 0.717) is 5.69 Å². The Bertz CT molecular complexity index is 1310. The first-order valence-electron chi connectivity index (χ1n) is 11.7. The van der Waals surface area contributed by atoms with Crippen LogP contribution in [0.15, 0.2) is 89.9 Å². The van der Waals surface area contributed by atoms with Gasteiger partial charge in [-0.2, -0.15) is 0 Å². The van der Waals surface area contributed by atoms with Gasteiger partial charge in [-0.1, -0.05) is 36.9 Å². The molecule has 2 aromatic rings. The van der Waals surface area contributed by atoms with Gasteiger partial charge in [0, 0.05) is 16.8 Å². The van der Waals surface area contributed by atoms with Crippen LogP contribution in [0.4, 0.5) is 5.69 Å². The molecule has 1 aliphatic carbocycles. The molecule has 1 aliphatic heterocycles. The van der Waals surface area contributed by atoms with Gasteiger partial charge in [0.15, 0.2) is 0 Å². The maximum atomic E-state index is 11.7. The van der Waals surface area contributed by atoms with Crippen molar-refractivity contribution in [1.82, 2.24) is 0 Å². The van der Waals surface area contributed by atoms with Gasteiger partial charge in [0.2, 0.25) is 0 Å². The molecule has 1 atom stereocenters. The number of carboxylic acids is 1. The van der Waals surface area contributed by atoms with E-state index >= 15 is 0 Å². The van der Waals surface area contributed by atoms with Gasteiger partial charge in [0.1, 0.15) is 17.3 Å². The molecule has 5 heteroatoms. The van der Waals surface area contributed by atoms with Crippen LogP contribution in [0.5, 0.6) is 5.75 Å². The highest BCUT2D eigenvalue weighted by Gasteiger charge is 2.25. The van der Waals surface area contributed by atoms with E-state index in [9.17, 15) is 9.90 Å². The van der Waals surface area contributed by atoms with Crippen LogP contribution in [0, 0.1) is 6.92 Å². The number of carboxylic acid groups (broad SMARTS) is 1. The molecule has 180 valence electrons. The number of benzene rings is 2. The Labute approximate surface area is 206 Å². The second kappa shape index (κ2) is 10.1. The molecule has 2 aliphatic rings. The molecule has 2 aromatic carbocycles. The van der Waals surface area contributed by atoms with Gasteiger partial charge in [0.05, 0.1) is 18.7 Å². The largest absolute Gasteiger partial charge is 0.497 e. The van der Waals surface area contributed by atoms with Gasteiger partial charge in [-0.3, -0.25) is 0 Å². The molecule has 0 bridgehead atoms. The van der Waals surface area contributed by atoms with Crippen molar-refractivity contribution in [2.24, 2.45) is 0 Å². The second-order valence-corrected chi connectivity index (χ2v) is 8.98. The molecule has 0 radical (unpaired) electrons. The van der Waals surface area contributed by atoms with Crippen molar-refractivity contribution >= 4 is 17.2 Å². The van der Waals surface area contributed by atoms with Gasteiger partial charge in [-0.25, -0.2) is 4.79 Å². The van der Waals surface area contributed by atoms with E-state index in [1.54, 1.807) is 25.3 Å². The Morgan fingerprint density at radius 2 is 1.97 bits per heavy atom. The first kappa shape index (κ1) is 24.1. The fourth-order valence-electron chi connectivity index (χ4n) is 4.49. The zero-order valence-electron chi connectivity index (χ0n) is 20.6. The fraction of sp³-hybridized carbons (Fsp3) is 0.233. The zero-order chi connectivity index (χ0) is 25.1. The number of hydrogen-bond donors (Lipinski definition) is 2. The summed E-state index contributed by atoms with van der Waals surface area (Å²) >= 11 is 0. The minimum absolute atomic E-state index is 0.197. The number of allylic oxidation sites excluding steroid dienone is 7. The number of fused-ring (bicyclic) bond motifs is 1. The second-order valence-electron chi connectivity index (χ2n) is 8.98. The summed E-state index contributed by atoms with van der Waals surface area (Å²) < 4.78 is 12.0. The highest BCUT2D eigenvalue weighted by Crippen LogP contribution is 2.42. The minimum Gasteiger partial charge on any atom is -0.497 e. The first-order chi connectivity index (χ1) is 16.8. The summed E-state index contributed by atoms with van der Waals surface area (Å²) in [5.74, 6) is 1.46. The molecule has 1 unspecified atom stereocenters. The topological polar surface area (TPSA) is 67.8 Å². The predicted octanol–water partition coefficient (Wildman–Crippen LogP) is 7.35. The summed E-state index contributed by atoms with van der Waals surface area (Å²) in [5.41, 5.74) is 6.95. The number of para-hydroxylation sites is 1. The molecule has 0 saturated heterocycles. The van der Waals surface area contributed by atoms with Crippen LogP contribution in [0.25, 0.3) is 5.57 Å². The summed E-state index contributed by atoms with van der Waals surface area (Å²) in [6.07, 6.45) is 9.71. The number of ether oxygens (including phenoxy) is 2. The molecule has 0 saturated carbocycles. The highest BCUT2D eigenvalue weighted by atomic mass is 16.5. The van der Waals surface area contributed by atoms with Crippen LogP contribution in [0.2, 0.25) is 0 Å². The van der Waals surface area contributed by atoms with Crippen molar-refractivity contribution in [1.29, 1.82) is 0 Å². The lowest BCUT2D eigenvalue weighted by molar-refractivity contribution is 0.0698. The number of carbonyl (C=O) groups is 1. The van der Waals surface area contributed by atoms with Crippen LogP contribution in [-0.4, -0.2) is 18.2 Å². The summed E-state index contributed by atoms with van der Waals surface area (Å²) in [5, 5.41) is 13.0. The predicted molar refractivity (Wildman–Crippen MR) is 141 cm³/mol. The molecule has 35 heavy (non-hydrogen) atoms. The van der Waals surface area contributed by atoms with E-state index in [1.165, 1.54) is 5.57 Å². The Kier molecular flexibility index (Phi) is 6.97. The average Bonchev–Trinajstić information content (AvgIpc) is 2.82. The van der Waals surface area contributed by atoms with E-state index in [0.717, 1.165) is 57.9 Å². The van der Waals surface area contributed by atoms with Crippen LogP contribution >= 0.6 is 0 Å². The van der Waals surface area contributed by atoms with Crippen LogP contribution < -0.4 is 10.1 Å². The lowest BCUT2D eigenvalue weighted by Gasteiger charge is -2.28. The molecule has 0 fully saturated rings. The lowest BCUT2D eigenvalue weighted by atomic mass is 9.92. The number of aromatic carboxylic acids is 1. The van der Waals surface area contributed by atoms with Crippen molar-refractivity contribution < 1.29 is 19.4 Å². The average molecular weight is 470 g/mol. The number of methoxy groups -OCH3 is 1. The van der Waals surface area contributed by atoms with Crippen molar-refractivity contribution in [3.05, 3.63) is 112 Å². The maximum Gasteiger partial charge on any atom is 0.337 e. The molecule has 4 rings (SSSR count). The quantitative estimate of drug-likeness (QED) is 0.463. The first-order valence-corrected chi connectivity index (χ1v) is 11.7. The van der Waals surface area contributed by atoms with Crippen molar-refractivity contribution in [3.8, 4) is 5.75 Å². The summed E-state index contributed by atoms with van der Waals surface area (Å²) in [6.45, 7) is 10.5. The van der Waals surface area contributed by atoms with Gasteiger partial charge in [0.25, 0.3) is 0 Å². The number of nitrogens with one attached hydrogen (secondary N) is 1. The van der Waals surface area contributed by atoms with Gasteiger partial charge in [-0.05, 0) is 86.2 Å². The van der Waals surface area contributed by atoms with E-state index in [2.05, 4.69) is 37.0 Å². The third kappa shape index (κ3) is 5.09. The normalized spacial score (nSPS) is 20.7. The SMILES string of the molecule is C=C1C=C(/C2=C/C=C\C(OC)=C(\C)CC2)Oc2c1cc(C)cc2C(C)Nc1ccccc1C(=O)O. The number of anilines is 1. The molecular formula is C30H31NO4. The Morgan fingerprint density at radius 1 is 1.20 bits per heavy atom. The Balaban J connectivity index is 1.68. The molecule has 2 N–H and O–H groups in total. The molecule has 5 nitrogen and oxygen atoms in total.